The minimum atomic E-state index is -4.65. The summed E-state index contributed by atoms with van der Waals surface area (Å²) in [4.78, 5) is 38.3. The van der Waals surface area contributed by atoms with Gasteiger partial charge in [0.25, 0.3) is 5.91 Å². The quantitative estimate of drug-likeness (QED) is 0.383. The molecule has 1 aromatic carbocycles. The molecular formula is C29H38F3N3O6. The van der Waals surface area contributed by atoms with E-state index in [1.807, 2.05) is 6.92 Å². The number of nitrogens with one attached hydrogen (secondary N) is 1. The Morgan fingerprint density at radius 1 is 1.17 bits per heavy atom. The van der Waals surface area contributed by atoms with Crippen LogP contribution in [0, 0.1) is 11.8 Å². The zero-order valence-electron chi connectivity index (χ0n) is 24.1. The van der Waals surface area contributed by atoms with Crippen molar-refractivity contribution < 1.29 is 42.5 Å². The van der Waals surface area contributed by atoms with E-state index in [-0.39, 0.29) is 23.6 Å². The van der Waals surface area contributed by atoms with Crippen LogP contribution in [0.5, 0.6) is 0 Å². The largest absolute Gasteiger partial charge is 0.481 e. The molecule has 9 nitrogen and oxygen atoms in total. The van der Waals surface area contributed by atoms with Crippen LogP contribution in [0.2, 0.25) is 0 Å². The lowest BCUT2D eigenvalue weighted by Gasteiger charge is -2.39. The molecule has 0 aromatic heterocycles. The molecule has 3 N–H and O–H groups in total. The van der Waals surface area contributed by atoms with Gasteiger partial charge in [-0.05, 0) is 71.6 Å². The monoisotopic (exact) mass is 581 g/mol. The van der Waals surface area contributed by atoms with Crippen LogP contribution in [0.1, 0.15) is 78.4 Å². The maximum absolute atomic E-state index is 14.0. The third-order valence-corrected chi connectivity index (χ3v) is 6.74. The molecule has 3 unspecified atom stereocenters. The average Bonchev–Trinajstić information content (AvgIpc) is 2.79. The first-order valence-corrected chi connectivity index (χ1v) is 13.5. The van der Waals surface area contributed by atoms with Crippen molar-refractivity contribution in [1.82, 2.24) is 10.3 Å². The van der Waals surface area contributed by atoms with Gasteiger partial charge in [-0.1, -0.05) is 19.1 Å². The third kappa shape index (κ3) is 8.62. The summed E-state index contributed by atoms with van der Waals surface area (Å²) in [6.07, 6.45) is -3.95. The van der Waals surface area contributed by atoms with Crippen LogP contribution < -0.4 is 5.32 Å². The zero-order chi connectivity index (χ0) is 30.9. The van der Waals surface area contributed by atoms with Crippen molar-refractivity contribution in [1.29, 1.82) is 0 Å². The van der Waals surface area contributed by atoms with Crippen molar-refractivity contribution in [2.24, 2.45) is 16.9 Å². The van der Waals surface area contributed by atoms with E-state index in [1.54, 1.807) is 34.6 Å². The number of carbonyl (C=O) groups excluding carboxylic acids is 2. The molecule has 4 atom stereocenters. The Labute approximate surface area is 237 Å². The molecule has 1 aliphatic heterocycles. The number of alkyl halides is 3. The SMILES string of the molecule is CC1CC2=NN(C(=O)[C@H](CC(=O)O)NC(C)(C)CC(=O)OC(C)(C)C)C(c3cccc(C(F)(F)F)c3)=CC2C(O)C1. The molecule has 2 aliphatic rings. The predicted octanol–water partition coefficient (Wildman–Crippen LogP) is 4.59. The van der Waals surface area contributed by atoms with Gasteiger partial charge in [0.05, 0.1) is 30.2 Å². The van der Waals surface area contributed by atoms with Crippen molar-refractivity contribution in [3.05, 3.63) is 41.5 Å². The Hall–Kier alpha value is -3.25. The van der Waals surface area contributed by atoms with Crippen molar-refractivity contribution in [2.75, 3.05) is 0 Å². The number of benzene rings is 1. The van der Waals surface area contributed by atoms with Gasteiger partial charge >= 0.3 is 18.1 Å². The van der Waals surface area contributed by atoms with Crippen molar-refractivity contribution in [2.45, 2.75) is 96.7 Å². The molecule has 3 rings (SSSR count). The Bertz CT molecular complexity index is 1230. The van der Waals surface area contributed by atoms with E-state index in [0.29, 0.717) is 18.6 Å². The fraction of sp³-hybridized carbons (Fsp3) is 0.586. The van der Waals surface area contributed by atoms with Gasteiger partial charge in [0.2, 0.25) is 0 Å². The first-order chi connectivity index (χ1) is 18.8. The van der Waals surface area contributed by atoms with E-state index in [4.69, 9.17) is 4.74 Å². The Morgan fingerprint density at radius 2 is 1.83 bits per heavy atom. The van der Waals surface area contributed by atoms with Crippen LogP contribution in [-0.4, -0.2) is 62.1 Å². The number of carboxylic acid groups (broad SMARTS) is 1. The van der Waals surface area contributed by atoms with Gasteiger partial charge in [0, 0.05) is 22.7 Å². The molecule has 1 saturated carbocycles. The Kier molecular flexibility index (Phi) is 9.39. The highest BCUT2D eigenvalue weighted by Crippen LogP contribution is 2.38. The molecule has 1 aromatic rings. The number of amides is 1. The number of aliphatic hydroxyl groups excluding tert-OH is 1. The number of carbonyl (C=O) groups is 3. The molecular weight excluding hydrogens is 543 g/mol. The second kappa shape index (κ2) is 11.9. The fourth-order valence-corrected chi connectivity index (χ4v) is 5.12. The van der Waals surface area contributed by atoms with Crippen LogP contribution in [-0.2, 0) is 25.3 Å². The lowest BCUT2D eigenvalue weighted by molar-refractivity contribution is -0.156. The van der Waals surface area contributed by atoms with Gasteiger partial charge in [0.15, 0.2) is 0 Å². The van der Waals surface area contributed by atoms with Crippen molar-refractivity contribution in [3.63, 3.8) is 0 Å². The van der Waals surface area contributed by atoms with Crippen LogP contribution in [0.4, 0.5) is 13.2 Å². The summed E-state index contributed by atoms with van der Waals surface area (Å²) < 4.78 is 46.0. The first-order valence-electron chi connectivity index (χ1n) is 13.5. The van der Waals surface area contributed by atoms with Crippen LogP contribution in [0.3, 0.4) is 0 Å². The lowest BCUT2D eigenvalue weighted by atomic mass is 9.78. The topological polar surface area (TPSA) is 129 Å². The number of hydrogen-bond donors (Lipinski definition) is 3. The average molecular weight is 582 g/mol. The van der Waals surface area contributed by atoms with E-state index in [2.05, 4.69) is 10.4 Å². The zero-order valence-corrected chi connectivity index (χ0v) is 24.1. The molecule has 226 valence electrons. The molecule has 0 radical (unpaired) electrons. The van der Waals surface area contributed by atoms with Gasteiger partial charge < -0.3 is 14.9 Å². The van der Waals surface area contributed by atoms with E-state index < -0.39 is 65.2 Å². The number of fused-ring (bicyclic) bond motifs is 1. The molecule has 0 bridgehead atoms. The fourth-order valence-electron chi connectivity index (χ4n) is 5.12. The highest BCUT2D eigenvalue weighted by Gasteiger charge is 2.41. The molecule has 1 aliphatic carbocycles. The normalized spacial score (nSPS) is 22.3. The van der Waals surface area contributed by atoms with Gasteiger partial charge in [-0.25, -0.2) is 0 Å². The number of aliphatic hydroxyl groups is 1. The lowest BCUT2D eigenvalue weighted by Crippen LogP contribution is -2.55. The predicted molar refractivity (Wildman–Crippen MR) is 145 cm³/mol. The Morgan fingerprint density at radius 3 is 2.41 bits per heavy atom. The number of ether oxygens (including phenoxy) is 1. The van der Waals surface area contributed by atoms with Gasteiger partial charge in [-0.3, -0.25) is 19.7 Å². The van der Waals surface area contributed by atoms with Crippen LogP contribution >= 0.6 is 0 Å². The van der Waals surface area contributed by atoms with Gasteiger partial charge in [-0.15, -0.1) is 0 Å². The second-order valence-corrected chi connectivity index (χ2v) is 12.5. The number of aliphatic carboxylic acids is 1. The van der Waals surface area contributed by atoms with E-state index in [9.17, 15) is 37.8 Å². The number of nitrogens with zero attached hydrogens (tertiary/aromatic N) is 2. The van der Waals surface area contributed by atoms with Crippen LogP contribution in [0.25, 0.3) is 5.70 Å². The summed E-state index contributed by atoms with van der Waals surface area (Å²) in [5.41, 5.74) is -2.28. The van der Waals surface area contributed by atoms with E-state index in [0.717, 1.165) is 17.1 Å². The molecule has 1 heterocycles. The second-order valence-electron chi connectivity index (χ2n) is 12.5. The van der Waals surface area contributed by atoms with Crippen molar-refractivity contribution >= 4 is 29.3 Å². The van der Waals surface area contributed by atoms with E-state index >= 15 is 0 Å². The number of rotatable bonds is 8. The first kappa shape index (κ1) is 32.3. The molecule has 1 amide bonds. The maximum atomic E-state index is 14.0. The third-order valence-electron chi connectivity index (χ3n) is 6.74. The highest BCUT2D eigenvalue weighted by atomic mass is 19.4. The molecule has 0 spiro atoms. The molecule has 41 heavy (non-hydrogen) atoms. The smallest absolute Gasteiger partial charge is 0.416 e. The maximum Gasteiger partial charge on any atom is 0.416 e. The molecule has 1 fully saturated rings. The van der Waals surface area contributed by atoms with Gasteiger partial charge in [0.1, 0.15) is 11.6 Å². The van der Waals surface area contributed by atoms with Crippen molar-refractivity contribution in [3.8, 4) is 0 Å². The number of hydrazone groups is 1. The summed E-state index contributed by atoms with van der Waals surface area (Å²) in [7, 11) is 0. The van der Waals surface area contributed by atoms with Crippen LogP contribution in [0.15, 0.2) is 35.4 Å². The minimum absolute atomic E-state index is 0.00518. The summed E-state index contributed by atoms with van der Waals surface area (Å²) in [5, 5.41) is 28.7. The number of carboxylic acids is 1. The number of hydrogen-bond acceptors (Lipinski definition) is 7. The standard InChI is InChI=1S/C29H38F3N3O6/c1-16-10-20-19(23(36)11-16)13-22(17-8-7-9-18(12-17)29(30,31)32)35(34-20)26(40)21(14-24(37)38)33-28(5,6)15-25(39)41-27(2,3)4/h7-9,12-13,16,19,21,23,33,36H,10-11,14-15H2,1-6H3,(H,37,38)/t16?,19?,21-,23?/m0/s1. The molecule has 12 heteroatoms. The van der Waals surface area contributed by atoms with E-state index in [1.165, 1.54) is 18.2 Å². The Balaban J connectivity index is 2.02. The minimum Gasteiger partial charge on any atom is -0.481 e. The summed E-state index contributed by atoms with van der Waals surface area (Å²) in [6, 6.07) is 2.99. The summed E-state index contributed by atoms with van der Waals surface area (Å²) in [6.45, 7) is 10.2. The summed E-state index contributed by atoms with van der Waals surface area (Å²) in [5.74, 6) is -3.27. The summed E-state index contributed by atoms with van der Waals surface area (Å²) >= 11 is 0. The van der Waals surface area contributed by atoms with Gasteiger partial charge in [-0.2, -0.15) is 23.3 Å². The number of halogens is 3. The molecule has 0 saturated heterocycles. The number of esters is 1. The highest BCUT2D eigenvalue weighted by molar-refractivity contribution is 5.99.